The van der Waals surface area contributed by atoms with Crippen LogP contribution >= 0.6 is 17.0 Å². The van der Waals surface area contributed by atoms with Crippen LogP contribution in [0.5, 0.6) is 0 Å². The zero-order valence-electron chi connectivity index (χ0n) is 7.24. The molecule has 1 N–H and O–H groups in total. The van der Waals surface area contributed by atoms with Crippen LogP contribution in [-0.4, -0.2) is 14.5 Å². The summed E-state index contributed by atoms with van der Waals surface area (Å²) in [6, 6.07) is 1.87. The number of aryl methyl sites for hydroxylation is 2. The average molecular weight is 245 g/mol. The van der Waals surface area contributed by atoms with Gasteiger partial charge in [-0.25, -0.2) is 10.4 Å². The maximum atomic E-state index is 7.15. The summed E-state index contributed by atoms with van der Waals surface area (Å²) in [6.45, 7) is 3.76. The minimum atomic E-state index is -0.115. The molecule has 0 amide bonds. The van der Waals surface area contributed by atoms with Crippen molar-refractivity contribution in [3.8, 4) is 0 Å². The Morgan fingerprint density at radius 2 is 2.08 bits per heavy atom. The summed E-state index contributed by atoms with van der Waals surface area (Å²) in [5.41, 5.74) is 1.65. The fraction of sp³-hybridized carbons (Fsp3) is 0.286. The lowest BCUT2D eigenvalue weighted by Crippen LogP contribution is -1.94. The lowest BCUT2D eigenvalue weighted by molar-refractivity contribution is 0.322. The van der Waals surface area contributed by atoms with Crippen molar-refractivity contribution in [2.24, 2.45) is 0 Å². The van der Waals surface area contributed by atoms with Gasteiger partial charge in [0.1, 0.15) is 0 Å². The van der Waals surface area contributed by atoms with Gasteiger partial charge >= 0.3 is 5.68 Å². The van der Waals surface area contributed by atoms with Gasteiger partial charge in [0.05, 0.1) is 5.69 Å². The smallest absolute Gasteiger partial charge is 0.330 e. The number of nitrogens with zero attached hydrogens (tertiary/aromatic N) is 3. The van der Waals surface area contributed by atoms with E-state index < -0.39 is 0 Å². The first-order valence-corrected chi connectivity index (χ1v) is 3.56. The highest BCUT2D eigenvalue weighted by Crippen LogP contribution is 2.02. The molecule has 0 saturated carbocycles. The Labute approximate surface area is 84.7 Å². The Kier molecular flexibility index (Phi) is 2.51. The summed E-state index contributed by atoms with van der Waals surface area (Å²) in [5.74, 6) is 0.442. The molecule has 6 heteroatoms. The molecular formula is C7H9BrN4O. The molecule has 0 aliphatic rings. The number of aromatic nitrogens is 3. The third-order valence-corrected chi connectivity index (χ3v) is 1.58. The van der Waals surface area contributed by atoms with E-state index in [4.69, 9.17) is 9.93 Å². The normalized spacial score (nSPS) is 10.0. The summed E-state index contributed by atoms with van der Waals surface area (Å²) < 4.78 is 6.40. The van der Waals surface area contributed by atoms with Crippen molar-refractivity contribution in [2.45, 2.75) is 13.8 Å². The van der Waals surface area contributed by atoms with Crippen molar-refractivity contribution in [3.05, 3.63) is 23.1 Å². The van der Waals surface area contributed by atoms with Crippen molar-refractivity contribution in [2.75, 3.05) is 0 Å². The van der Waals surface area contributed by atoms with E-state index in [9.17, 15) is 0 Å². The van der Waals surface area contributed by atoms with Gasteiger partial charge in [0.15, 0.2) is 0 Å². The molecule has 2 rings (SSSR count). The van der Waals surface area contributed by atoms with E-state index in [2.05, 4.69) is 9.97 Å². The molecule has 70 valence electrons. The predicted octanol–water partition coefficient (Wildman–Crippen LogP) is 0.997. The van der Waals surface area contributed by atoms with Gasteiger partial charge in [0.2, 0.25) is 0 Å². The van der Waals surface area contributed by atoms with Crippen molar-refractivity contribution in [1.29, 1.82) is 5.41 Å². The van der Waals surface area contributed by atoms with Crippen LogP contribution in [0.3, 0.4) is 0 Å². The lowest BCUT2D eigenvalue weighted by atomic mass is 10.4. The van der Waals surface area contributed by atoms with Crippen LogP contribution in [0.4, 0.5) is 0 Å². The van der Waals surface area contributed by atoms with Crippen LogP contribution in [0.1, 0.15) is 11.4 Å². The third kappa shape index (κ3) is 1.62. The summed E-state index contributed by atoms with van der Waals surface area (Å²) in [4.78, 5) is 7.88. The second-order valence-electron chi connectivity index (χ2n) is 2.64. The molecule has 2 aromatic rings. The molecule has 0 unspecified atom stereocenters. The van der Waals surface area contributed by atoms with Gasteiger partial charge in [0.25, 0.3) is 5.78 Å². The van der Waals surface area contributed by atoms with Gasteiger partial charge in [-0.05, 0) is 19.9 Å². The van der Waals surface area contributed by atoms with Crippen LogP contribution in [0.2, 0.25) is 0 Å². The number of hydrogen-bond acceptors (Lipinski definition) is 4. The summed E-state index contributed by atoms with van der Waals surface area (Å²) >= 11 is 0. The molecule has 0 fully saturated rings. The Balaban J connectivity index is 0.000000845. The molecule has 0 atom stereocenters. The lowest BCUT2D eigenvalue weighted by Gasteiger charge is -1.96. The largest absolute Gasteiger partial charge is 0.339 e. The molecule has 0 radical (unpaired) electrons. The first kappa shape index (κ1) is 9.91. The Hall–Kier alpha value is -1.17. The first-order chi connectivity index (χ1) is 5.66. The fourth-order valence-electron chi connectivity index (χ4n) is 1.14. The quantitative estimate of drug-likeness (QED) is 0.752. The van der Waals surface area contributed by atoms with Crippen LogP contribution in [0.25, 0.3) is 5.78 Å². The summed E-state index contributed by atoms with van der Waals surface area (Å²) in [6.07, 6.45) is 0. The van der Waals surface area contributed by atoms with Crippen molar-refractivity contribution < 1.29 is 4.52 Å². The molecule has 2 heterocycles. The molecule has 0 bridgehead atoms. The molecule has 0 saturated heterocycles. The zero-order valence-corrected chi connectivity index (χ0v) is 8.95. The maximum Gasteiger partial charge on any atom is 0.339 e. The number of halogens is 1. The molecule has 0 aliphatic heterocycles. The van der Waals surface area contributed by atoms with Crippen molar-refractivity contribution >= 4 is 22.8 Å². The van der Waals surface area contributed by atoms with Crippen LogP contribution < -0.4 is 5.68 Å². The minimum absolute atomic E-state index is 0. The fourth-order valence-corrected chi connectivity index (χ4v) is 1.14. The highest BCUT2D eigenvalue weighted by Gasteiger charge is 2.02. The minimum Gasteiger partial charge on any atom is -0.330 e. The second kappa shape index (κ2) is 3.29. The summed E-state index contributed by atoms with van der Waals surface area (Å²) in [5, 5.41) is 7.15. The maximum absolute atomic E-state index is 7.15. The van der Waals surface area contributed by atoms with Crippen LogP contribution in [-0.2, 0) is 0 Å². The molecule has 13 heavy (non-hydrogen) atoms. The van der Waals surface area contributed by atoms with Crippen LogP contribution in [0.15, 0.2) is 10.6 Å². The number of hydrogen-bond donors (Lipinski definition) is 1. The van der Waals surface area contributed by atoms with E-state index in [0.29, 0.717) is 5.78 Å². The number of nitrogens with one attached hydrogen (secondary N) is 1. The SMILES string of the molecule is Br.Cc1cc(C)n2oc(=N)nc2n1. The Bertz CT molecular complexity index is 487. The molecule has 5 nitrogen and oxygen atoms in total. The van der Waals surface area contributed by atoms with Gasteiger partial charge in [-0.2, -0.15) is 4.98 Å². The third-order valence-electron chi connectivity index (χ3n) is 1.58. The molecule has 0 spiro atoms. The monoisotopic (exact) mass is 244 g/mol. The van der Waals surface area contributed by atoms with E-state index in [1.165, 1.54) is 4.57 Å². The average Bonchev–Trinajstić information content (AvgIpc) is 2.29. The van der Waals surface area contributed by atoms with Crippen molar-refractivity contribution in [3.63, 3.8) is 0 Å². The highest BCUT2D eigenvalue weighted by molar-refractivity contribution is 8.93. The van der Waals surface area contributed by atoms with E-state index in [0.717, 1.165) is 11.4 Å². The van der Waals surface area contributed by atoms with Gasteiger partial charge in [-0.3, -0.25) is 0 Å². The topological polar surface area (TPSA) is 67.2 Å². The molecular weight excluding hydrogens is 236 g/mol. The van der Waals surface area contributed by atoms with Crippen LogP contribution in [0, 0.1) is 19.3 Å². The number of rotatable bonds is 0. The Morgan fingerprint density at radius 1 is 1.38 bits per heavy atom. The zero-order chi connectivity index (χ0) is 8.72. The predicted molar refractivity (Wildman–Crippen MR) is 50.9 cm³/mol. The number of fused-ring (bicyclic) bond motifs is 1. The van der Waals surface area contributed by atoms with Gasteiger partial charge in [-0.15, -0.1) is 21.6 Å². The molecule has 0 aliphatic carbocycles. The van der Waals surface area contributed by atoms with E-state index in [-0.39, 0.29) is 22.7 Å². The van der Waals surface area contributed by atoms with Crippen molar-refractivity contribution in [1.82, 2.24) is 14.5 Å². The standard InChI is InChI=1S/C7H8N4O.BrH/c1-4-3-5(2)11-7(9-4)10-6(8)12-11;/h3,8H,1-2H3;1H. The second-order valence-corrected chi connectivity index (χ2v) is 2.64. The highest BCUT2D eigenvalue weighted by atomic mass is 79.9. The van der Waals surface area contributed by atoms with E-state index >= 15 is 0 Å². The Morgan fingerprint density at radius 3 is 2.77 bits per heavy atom. The first-order valence-electron chi connectivity index (χ1n) is 3.56. The van der Waals surface area contributed by atoms with E-state index in [1.54, 1.807) is 0 Å². The molecule has 2 aromatic heterocycles. The summed E-state index contributed by atoms with van der Waals surface area (Å²) in [7, 11) is 0. The van der Waals surface area contributed by atoms with E-state index in [1.807, 2.05) is 19.9 Å². The van der Waals surface area contributed by atoms with Gasteiger partial charge in [0, 0.05) is 5.69 Å². The van der Waals surface area contributed by atoms with Gasteiger partial charge in [-0.1, -0.05) is 0 Å². The molecule has 0 aromatic carbocycles. The van der Waals surface area contributed by atoms with Gasteiger partial charge < -0.3 is 4.52 Å².